The third kappa shape index (κ3) is 3.23. The lowest BCUT2D eigenvalue weighted by Gasteiger charge is -2.19. The van der Waals surface area contributed by atoms with Gasteiger partial charge < -0.3 is 10.5 Å². The van der Waals surface area contributed by atoms with Crippen LogP contribution in [0.2, 0.25) is 0 Å². The topological polar surface area (TPSA) is 82.1 Å². The zero-order valence-electron chi connectivity index (χ0n) is 12.3. The number of nitrogens with two attached hydrogens (primary N) is 1. The first kappa shape index (κ1) is 14.7. The summed E-state index contributed by atoms with van der Waals surface area (Å²) in [6.07, 6.45) is 1.70. The third-order valence-corrected chi connectivity index (χ3v) is 3.24. The molecule has 0 atom stereocenters. The highest BCUT2D eigenvalue weighted by molar-refractivity contribution is 5.84. The van der Waals surface area contributed by atoms with Gasteiger partial charge in [-0.3, -0.25) is 9.58 Å². The second kappa shape index (κ2) is 6.62. The van der Waals surface area contributed by atoms with E-state index in [0.717, 1.165) is 36.6 Å². The highest BCUT2D eigenvalue weighted by atomic mass is 16.5. The molecule has 0 radical (unpaired) electrons. The van der Waals surface area contributed by atoms with Gasteiger partial charge in [0.15, 0.2) is 5.65 Å². The van der Waals surface area contributed by atoms with E-state index in [1.165, 1.54) is 0 Å². The molecule has 110 valence electrons. The summed E-state index contributed by atoms with van der Waals surface area (Å²) in [5.74, 6) is 1.20. The fourth-order valence-electron chi connectivity index (χ4n) is 2.05. The first-order chi connectivity index (χ1) is 9.65. The lowest BCUT2D eigenvalue weighted by Crippen LogP contribution is -2.28. The number of aromatic nitrogens is 4. The van der Waals surface area contributed by atoms with Crippen molar-refractivity contribution in [3.63, 3.8) is 0 Å². The fourth-order valence-corrected chi connectivity index (χ4v) is 2.05. The van der Waals surface area contributed by atoms with Gasteiger partial charge in [-0.15, -0.1) is 0 Å². The molecule has 0 bridgehead atoms. The Bertz CT molecular complexity index is 567. The van der Waals surface area contributed by atoms with E-state index in [2.05, 4.69) is 26.9 Å². The van der Waals surface area contributed by atoms with Gasteiger partial charge >= 0.3 is 0 Å². The fraction of sp³-hybridized carbons (Fsp3) is 0.615. The van der Waals surface area contributed by atoms with Crippen molar-refractivity contribution in [1.82, 2.24) is 24.6 Å². The van der Waals surface area contributed by atoms with Crippen LogP contribution < -0.4 is 5.73 Å². The second-order valence-corrected chi connectivity index (χ2v) is 4.60. The van der Waals surface area contributed by atoms with E-state index in [0.29, 0.717) is 19.0 Å². The summed E-state index contributed by atoms with van der Waals surface area (Å²) >= 11 is 0. The zero-order valence-corrected chi connectivity index (χ0v) is 12.3. The molecule has 0 amide bonds. The summed E-state index contributed by atoms with van der Waals surface area (Å²) in [5, 5.41) is 4.96. The molecule has 2 aromatic rings. The van der Waals surface area contributed by atoms with Crippen molar-refractivity contribution in [3.05, 3.63) is 12.0 Å². The number of fused-ring (bicyclic) bond motifs is 1. The molecule has 0 aromatic carbocycles. The maximum atomic E-state index is 5.96. The highest BCUT2D eigenvalue weighted by Gasteiger charge is 2.11. The van der Waals surface area contributed by atoms with Crippen molar-refractivity contribution in [2.24, 2.45) is 7.05 Å². The third-order valence-electron chi connectivity index (χ3n) is 3.24. The summed E-state index contributed by atoms with van der Waals surface area (Å²) in [7, 11) is 1.85. The number of ether oxygens (including phenoxy) is 1. The molecular formula is C13H22N6O. The van der Waals surface area contributed by atoms with E-state index < -0.39 is 0 Å². The Kier molecular flexibility index (Phi) is 4.86. The monoisotopic (exact) mass is 278 g/mol. The quantitative estimate of drug-likeness (QED) is 0.755. The molecule has 2 aromatic heterocycles. The highest BCUT2D eigenvalue weighted by Crippen LogP contribution is 2.16. The van der Waals surface area contributed by atoms with Gasteiger partial charge in [0.2, 0.25) is 0 Å². The molecule has 2 heterocycles. The van der Waals surface area contributed by atoms with Crippen LogP contribution in [0.5, 0.6) is 0 Å². The van der Waals surface area contributed by atoms with Crippen molar-refractivity contribution in [2.75, 3.05) is 32.0 Å². The van der Waals surface area contributed by atoms with E-state index in [1.807, 2.05) is 14.0 Å². The molecule has 0 aliphatic heterocycles. The maximum absolute atomic E-state index is 5.96. The standard InChI is InChI=1S/C13H22N6O/c1-4-19(6-7-20-5-2)9-11-16-12(14)10-8-15-18(3)13(10)17-11/h8H,4-7,9H2,1-3H3,(H2,14,16,17). The van der Waals surface area contributed by atoms with Crippen molar-refractivity contribution >= 4 is 16.9 Å². The van der Waals surface area contributed by atoms with Gasteiger partial charge in [0, 0.05) is 20.2 Å². The van der Waals surface area contributed by atoms with Crippen LogP contribution in [0.15, 0.2) is 6.20 Å². The number of hydrogen-bond donors (Lipinski definition) is 1. The Labute approximate surface area is 118 Å². The van der Waals surface area contributed by atoms with Crippen molar-refractivity contribution in [3.8, 4) is 0 Å². The molecule has 7 heteroatoms. The lowest BCUT2D eigenvalue weighted by atomic mass is 10.3. The zero-order chi connectivity index (χ0) is 14.5. The van der Waals surface area contributed by atoms with E-state index in [1.54, 1.807) is 10.9 Å². The Morgan fingerprint density at radius 3 is 2.85 bits per heavy atom. The lowest BCUT2D eigenvalue weighted by molar-refractivity contribution is 0.112. The van der Waals surface area contributed by atoms with Crippen LogP contribution >= 0.6 is 0 Å². The summed E-state index contributed by atoms with van der Waals surface area (Å²) in [5.41, 5.74) is 6.73. The molecule has 20 heavy (non-hydrogen) atoms. The molecule has 0 fully saturated rings. The van der Waals surface area contributed by atoms with Crippen molar-refractivity contribution < 1.29 is 4.74 Å². The second-order valence-electron chi connectivity index (χ2n) is 4.60. The molecule has 0 saturated heterocycles. The number of nitrogens with zero attached hydrogens (tertiary/aromatic N) is 5. The minimum Gasteiger partial charge on any atom is -0.383 e. The molecule has 2 N–H and O–H groups in total. The summed E-state index contributed by atoms with van der Waals surface area (Å²) < 4.78 is 7.10. The Morgan fingerprint density at radius 2 is 2.15 bits per heavy atom. The predicted octanol–water partition coefficient (Wildman–Crippen LogP) is 0.804. The van der Waals surface area contributed by atoms with Crippen LogP contribution in [0.4, 0.5) is 5.82 Å². The number of aryl methyl sites for hydroxylation is 1. The van der Waals surface area contributed by atoms with Gasteiger partial charge in [0.1, 0.15) is 11.6 Å². The Hall–Kier alpha value is -1.73. The molecule has 0 aliphatic carbocycles. The van der Waals surface area contributed by atoms with Crippen LogP contribution in [0, 0.1) is 0 Å². The van der Waals surface area contributed by atoms with Gasteiger partial charge in [-0.2, -0.15) is 5.10 Å². The molecule has 0 spiro atoms. The summed E-state index contributed by atoms with van der Waals surface area (Å²) in [6.45, 7) is 8.00. The average molecular weight is 278 g/mol. The van der Waals surface area contributed by atoms with Crippen molar-refractivity contribution in [2.45, 2.75) is 20.4 Å². The van der Waals surface area contributed by atoms with E-state index in [-0.39, 0.29) is 0 Å². The van der Waals surface area contributed by atoms with Crippen LogP contribution in [-0.2, 0) is 18.3 Å². The van der Waals surface area contributed by atoms with E-state index in [9.17, 15) is 0 Å². The van der Waals surface area contributed by atoms with Crippen molar-refractivity contribution in [1.29, 1.82) is 0 Å². The van der Waals surface area contributed by atoms with Gasteiger partial charge in [-0.25, -0.2) is 9.97 Å². The number of rotatable bonds is 7. The Morgan fingerprint density at radius 1 is 1.35 bits per heavy atom. The molecule has 0 unspecified atom stereocenters. The molecule has 0 saturated carbocycles. The van der Waals surface area contributed by atoms with Gasteiger partial charge in [-0.05, 0) is 13.5 Å². The minimum absolute atomic E-state index is 0.485. The van der Waals surface area contributed by atoms with Crippen LogP contribution in [-0.4, -0.2) is 51.0 Å². The SMILES string of the molecule is CCOCCN(CC)Cc1nc(N)c2cnn(C)c2n1. The minimum atomic E-state index is 0.485. The normalized spacial score (nSPS) is 11.6. The van der Waals surface area contributed by atoms with Gasteiger partial charge in [0.25, 0.3) is 0 Å². The summed E-state index contributed by atoms with van der Waals surface area (Å²) in [6, 6.07) is 0. The van der Waals surface area contributed by atoms with E-state index in [4.69, 9.17) is 10.5 Å². The molecular weight excluding hydrogens is 256 g/mol. The largest absolute Gasteiger partial charge is 0.383 e. The maximum Gasteiger partial charge on any atom is 0.163 e. The van der Waals surface area contributed by atoms with Crippen LogP contribution in [0.3, 0.4) is 0 Å². The molecule has 0 aliphatic rings. The van der Waals surface area contributed by atoms with Gasteiger partial charge in [-0.1, -0.05) is 6.92 Å². The first-order valence-corrected chi connectivity index (χ1v) is 6.89. The first-order valence-electron chi connectivity index (χ1n) is 6.89. The predicted molar refractivity (Wildman–Crippen MR) is 78.2 cm³/mol. The molecule has 7 nitrogen and oxygen atoms in total. The summed E-state index contributed by atoms with van der Waals surface area (Å²) in [4.78, 5) is 11.1. The van der Waals surface area contributed by atoms with Gasteiger partial charge in [0.05, 0.1) is 24.7 Å². The number of nitrogen functional groups attached to an aromatic ring is 1. The number of hydrogen-bond acceptors (Lipinski definition) is 6. The van der Waals surface area contributed by atoms with Crippen LogP contribution in [0.1, 0.15) is 19.7 Å². The molecule has 2 rings (SSSR count). The van der Waals surface area contributed by atoms with E-state index >= 15 is 0 Å². The smallest absolute Gasteiger partial charge is 0.163 e. The average Bonchev–Trinajstić information content (AvgIpc) is 2.80. The number of likely N-dealkylation sites (N-methyl/N-ethyl adjacent to an activating group) is 1. The van der Waals surface area contributed by atoms with Crippen LogP contribution in [0.25, 0.3) is 11.0 Å². The Balaban J connectivity index is 2.13. The number of anilines is 1.